The van der Waals surface area contributed by atoms with Gasteiger partial charge < -0.3 is 15.2 Å². The molecule has 0 saturated heterocycles. The summed E-state index contributed by atoms with van der Waals surface area (Å²) in [6.07, 6.45) is 0. The van der Waals surface area contributed by atoms with Gasteiger partial charge in [-0.05, 0) is 5.56 Å². The number of nitriles is 1. The van der Waals surface area contributed by atoms with Crippen molar-refractivity contribution in [1.29, 1.82) is 5.26 Å². The highest BCUT2D eigenvalue weighted by Gasteiger charge is 2.39. The third-order valence-electron chi connectivity index (χ3n) is 4.10. The molecule has 0 atom stereocenters. The van der Waals surface area contributed by atoms with Crippen molar-refractivity contribution >= 4 is 23.4 Å². The fourth-order valence-electron chi connectivity index (χ4n) is 3.04. The Balaban J connectivity index is 2.56. The highest BCUT2D eigenvalue weighted by Crippen LogP contribution is 2.44. The average molecular weight is 336 g/mol. The summed E-state index contributed by atoms with van der Waals surface area (Å²) in [5.41, 5.74) is 6.05. The second-order valence-corrected chi connectivity index (χ2v) is 5.26. The molecule has 25 heavy (non-hydrogen) atoms. The first kappa shape index (κ1) is 16.2. The molecule has 1 aliphatic carbocycles. The maximum Gasteiger partial charge on any atom is 0.340 e. The lowest BCUT2D eigenvalue weighted by molar-refractivity contribution is 0.0555. The van der Waals surface area contributed by atoms with E-state index in [4.69, 9.17) is 10.5 Å². The quantitative estimate of drug-likeness (QED) is 0.561. The van der Waals surface area contributed by atoms with Crippen LogP contribution in [0.1, 0.15) is 42.2 Å². The van der Waals surface area contributed by atoms with Crippen LogP contribution in [0.3, 0.4) is 0 Å². The number of methoxy groups -OCH3 is 2. The summed E-state index contributed by atoms with van der Waals surface area (Å²) >= 11 is 0. The number of carbonyl (C=O) groups is 3. The Morgan fingerprint density at radius 3 is 2.12 bits per heavy atom. The Kier molecular flexibility index (Phi) is 3.73. The van der Waals surface area contributed by atoms with Gasteiger partial charge in [0.2, 0.25) is 0 Å². The molecule has 0 aliphatic heterocycles. The minimum absolute atomic E-state index is 0.0543. The number of fused-ring (bicyclic) bond motifs is 3. The van der Waals surface area contributed by atoms with E-state index in [9.17, 15) is 19.6 Å². The number of anilines is 1. The van der Waals surface area contributed by atoms with Crippen molar-refractivity contribution in [2.75, 3.05) is 20.0 Å². The third-order valence-corrected chi connectivity index (χ3v) is 4.10. The van der Waals surface area contributed by atoms with Crippen LogP contribution in [0.25, 0.3) is 11.1 Å². The maximum absolute atomic E-state index is 12.9. The molecule has 0 saturated carbocycles. The predicted molar refractivity (Wildman–Crippen MR) is 87.1 cm³/mol. The van der Waals surface area contributed by atoms with Gasteiger partial charge in [-0.3, -0.25) is 4.79 Å². The molecule has 7 nitrogen and oxygen atoms in total. The van der Waals surface area contributed by atoms with Crippen LogP contribution in [0.2, 0.25) is 0 Å². The molecule has 7 heteroatoms. The van der Waals surface area contributed by atoms with Crippen molar-refractivity contribution in [1.82, 2.24) is 0 Å². The molecule has 0 amide bonds. The summed E-state index contributed by atoms with van der Waals surface area (Å²) in [7, 11) is 2.23. The Hall–Kier alpha value is -3.66. The fourth-order valence-corrected chi connectivity index (χ4v) is 3.04. The Bertz CT molecular complexity index is 1000. The molecule has 2 aromatic rings. The second-order valence-electron chi connectivity index (χ2n) is 5.26. The molecule has 0 heterocycles. The third kappa shape index (κ3) is 2.08. The van der Waals surface area contributed by atoms with Crippen LogP contribution in [0, 0.1) is 11.3 Å². The lowest BCUT2D eigenvalue weighted by Crippen LogP contribution is -2.20. The van der Waals surface area contributed by atoms with Crippen LogP contribution in [0.4, 0.5) is 5.69 Å². The van der Waals surface area contributed by atoms with Gasteiger partial charge in [0.1, 0.15) is 6.07 Å². The summed E-state index contributed by atoms with van der Waals surface area (Å²) in [6, 6.07) is 8.51. The van der Waals surface area contributed by atoms with Crippen LogP contribution in [-0.4, -0.2) is 31.9 Å². The molecule has 0 aromatic heterocycles. The lowest BCUT2D eigenvalue weighted by Gasteiger charge is -2.15. The first-order chi connectivity index (χ1) is 12.0. The lowest BCUT2D eigenvalue weighted by atomic mass is 9.89. The largest absolute Gasteiger partial charge is 0.465 e. The molecule has 1 aliphatic rings. The summed E-state index contributed by atoms with van der Waals surface area (Å²) in [4.78, 5) is 37.4. The number of esters is 2. The first-order valence-corrected chi connectivity index (χ1v) is 7.18. The predicted octanol–water partition coefficient (Wildman–Crippen LogP) is 1.93. The Morgan fingerprint density at radius 1 is 1.00 bits per heavy atom. The number of nitrogen functional groups attached to an aromatic ring is 1. The van der Waals surface area contributed by atoms with Gasteiger partial charge in [0.25, 0.3) is 0 Å². The zero-order chi connectivity index (χ0) is 18.3. The van der Waals surface area contributed by atoms with Gasteiger partial charge in [-0.1, -0.05) is 24.3 Å². The number of carbonyl (C=O) groups excluding carboxylic acids is 3. The van der Waals surface area contributed by atoms with Crippen molar-refractivity contribution in [3.63, 3.8) is 0 Å². The van der Waals surface area contributed by atoms with E-state index >= 15 is 0 Å². The van der Waals surface area contributed by atoms with E-state index in [2.05, 4.69) is 4.74 Å². The van der Waals surface area contributed by atoms with Crippen LogP contribution in [0.5, 0.6) is 0 Å². The smallest absolute Gasteiger partial charge is 0.340 e. The molecular formula is C18H12N2O5. The highest BCUT2D eigenvalue weighted by molar-refractivity contribution is 6.29. The molecule has 0 radical (unpaired) electrons. The van der Waals surface area contributed by atoms with Crippen molar-refractivity contribution in [2.45, 2.75) is 0 Å². The number of ether oxygens (including phenoxy) is 2. The van der Waals surface area contributed by atoms with Crippen molar-refractivity contribution < 1.29 is 23.9 Å². The van der Waals surface area contributed by atoms with E-state index in [0.29, 0.717) is 11.1 Å². The van der Waals surface area contributed by atoms with Gasteiger partial charge in [-0.25, -0.2) is 9.59 Å². The Morgan fingerprint density at radius 2 is 1.56 bits per heavy atom. The molecule has 2 N–H and O–H groups in total. The number of nitrogens with two attached hydrogens (primary N) is 1. The van der Waals surface area contributed by atoms with Crippen LogP contribution < -0.4 is 5.73 Å². The van der Waals surface area contributed by atoms with Crippen LogP contribution >= 0.6 is 0 Å². The van der Waals surface area contributed by atoms with Gasteiger partial charge in [0, 0.05) is 16.7 Å². The zero-order valence-electron chi connectivity index (χ0n) is 13.4. The van der Waals surface area contributed by atoms with Crippen LogP contribution in [-0.2, 0) is 9.47 Å². The van der Waals surface area contributed by atoms with E-state index in [-0.39, 0.29) is 33.5 Å². The number of benzene rings is 2. The summed E-state index contributed by atoms with van der Waals surface area (Å²) in [6.45, 7) is 0. The van der Waals surface area contributed by atoms with Crippen LogP contribution in [0.15, 0.2) is 24.3 Å². The molecule has 124 valence electrons. The van der Waals surface area contributed by atoms with Gasteiger partial charge >= 0.3 is 11.9 Å². The minimum atomic E-state index is -0.930. The van der Waals surface area contributed by atoms with Gasteiger partial charge in [-0.2, -0.15) is 5.26 Å². The first-order valence-electron chi connectivity index (χ1n) is 7.18. The molecule has 0 fully saturated rings. The van der Waals surface area contributed by atoms with E-state index in [1.54, 1.807) is 24.3 Å². The molecule has 3 rings (SSSR count). The monoisotopic (exact) mass is 336 g/mol. The van der Waals surface area contributed by atoms with E-state index in [0.717, 1.165) is 14.2 Å². The summed E-state index contributed by atoms with van der Waals surface area (Å²) in [5.74, 6) is -2.32. The standard InChI is InChI=1S/C18H12N2O5/c1-24-17(22)13-12-11(8-5-3-4-6-9(8)16(12)21)10(7-19)15(20)14(13)18(23)25-2/h3-6H,20H2,1-2H3. The van der Waals surface area contributed by atoms with E-state index in [1.165, 1.54) is 0 Å². The number of hydrogen-bond acceptors (Lipinski definition) is 7. The van der Waals surface area contributed by atoms with Crippen molar-refractivity contribution in [3.8, 4) is 17.2 Å². The molecule has 0 bridgehead atoms. The number of nitrogens with zero attached hydrogens (tertiary/aromatic N) is 1. The molecular weight excluding hydrogens is 324 g/mol. The van der Waals surface area contributed by atoms with Gasteiger partial charge in [0.05, 0.1) is 36.6 Å². The molecule has 0 spiro atoms. The minimum Gasteiger partial charge on any atom is -0.465 e. The zero-order valence-corrected chi connectivity index (χ0v) is 13.4. The fraction of sp³-hybridized carbons (Fsp3) is 0.111. The summed E-state index contributed by atoms with van der Waals surface area (Å²) < 4.78 is 9.41. The highest BCUT2D eigenvalue weighted by atomic mass is 16.5. The number of rotatable bonds is 2. The van der Waals surface area contributed by atoms with E-state index < -0.39 is 17.7 Å². The molecule has 2 aromatic carbocycles. The van der Waals surface area contributed by atoms with Crippen molar-refractivity contribution in [3.05, 3.63) is 52.1 Å². The Labute approximate surface area is 142 Å². The number of hydrogen-bond donors (Lipinski definition) is 1. The topological polar surface area (TPSA) is 119 Å². The average Bonchev–Trinajstić information content (AvgIpc) is 2.92. The van der Waals surface area contributed by atoms with E-state index in [1.807, 2.05) is 6.07 Å². The maximum atomic E-state index is 12.9. The van der Waals surface area contributed by atoms with Gasteiger partial charge in [0.15, 0.2) is 5.78 Å². The number of ketones is 1. The van der Waals surface area contributed by atoms with Gasteiger partial charge in [-0.15, -0.1) is 0 Å². The summed E-state index contributed by atoms with van der Waals surface area (Å²) in [5, 5.41) is 9.55. The molecule has 0 unspecified atom stereocenters. The van der Waals surface area contributed by atoms with Crippen molar-refractivity contribution in [2.24, 2.45) is 0 Å². The SMILES string of the molecule is COC(=O)c1c(N)c(C#N)c2c(c1C(=O)OC)C(=O)c1ccccc1-2. The second kappa shape index (κ2) is 5.76. The normalized spacial score (nSPS) is 11.3.